The van der Waals surface area contributed by atoms with Gasteiger partial charge in [-0.25, -0.2) is 0 Å². The monoisotopic (exact) mass is 389 g/mol. The lowest BCUT2D eigenvalue weighted by molar-refractivity contribution is -0.118. The first-order valence-corrected chi connectivity index (χ1v) is 8.30. The number of piperazine rings is 1. The SMILES string of the molecule is O=CN1CCN(c2ccc(NC(=O)c3ccc(Br)cc3)nn2)CC1. The molecule has 0 unspecified atom stereocenters. The van der Waals surface area contributed by atoms with E-state index in [2.05, 4.69) is 36.3 Å². The molecule has 1 fully saturated rings. The lowest BCUT2D eigenvalue weighted by Gasteiger charge is -2.32. The number of anilines is 2. The molecule has 0 bridgehead atoms. The van der Waals surface area contributed by atoms with Crippen molar-refractivity contribution >= 4 is 39.9 Å². The van der Waals surface area contributed by atoms with Crippen molar-refractivity contribution in [1.82, 2.24) is 15.1 Å². The predicted molar refractivity (Wildman–Crippen MR) is 94.0 cm³/mol. The van der Waals surface area contributed by atoms with Crippen LogP contribution in [0.25, 0.3) is 0 Å². The number of benzene rings is 1. The van der Waals surface area contributed by atoms with Crippen molar-refractivity contribution in [2.45, 2.75) is 0 Å². The van der Waals surface area contributed by atoms with Gasteiger partial charge in [0.2, 0.25) is 6.41 Å². The quantitative estimate of drug-likeness (QED) is 0.806. The van der Waals surface area contributed by atoms with Gasteiger partial charge in [0.25, 0.3) is 5.91 Å². The molecule has 1 N–H and O–H groups in total. The summed E-state index contributed by atoms with van der Waals surface area (Å²) in [5, 5.41) is 10.9. The first kappa shape index (κ1) is 16.4. The zero-order valence-electron chi connectivity index (χ0n) is 12.9. The molecule has 124 valence electrons. The molecular formula is C16H16BrN5O2. The summed E-state index contributed by atoms with van der Waals surface area (Å²) in [7, 11) is 0. The zero-order chi connectivity index (χ0) is 16.9. The number of nitrogens with zero attached hydrogens (tertiary/aromatic N) is 4. The Bertz CT molecular complexity index is 712. The minimum Gasteiger partial charge on any atom is -0.352 e. The molecule has 3 rings (SSSR count). The molecule has 1 aliphatic heterocycles. The maximum Gasteiger partial charge on any atom is 0.256 e. The molecule has 2 aromatic rings. The van der Waals surface area contributed by atoms with Gasteiger partial charge in [-0.05, 0) is 36.4 Å². The van der Waals surface area contributed by atoms with E-state index >= 15 is 0 Å². The van der Waals surface area contributed by atoms with Crippen LogP contribution >= 0.6 is 15.9 Å². The van der Waals surface area contributed by atoms with Crippen molar-refractivity contribution in [1.29, 1.82) is 0 Å². The molecule has 0 atom stereocenters. The summed E-state index contributed by atoms with van der Waals surface area (Å²) >= 11 is 3.33. The molecule has 1 aliphatic rings. The third-order valence-electron chi connectivity index (χ3n) is 3.79. The number of carbonyl (C=O) groups excluding carboxylic acids is 2. The Hall–Kier alpha value is -2.48. The topological polar surface area (TPSA) is 78.4 Å². The van der Waals surface area contributed by atoms with Crippen molar-refractivity contribution in [2.75, 3.05) is 36.4 Å². The van der Waals surface area contributed by atoms with E-state index in [-0.39, 0.29) is 5.91 Å². The number of aromatic nitrogens is 2. The molecule has 2 amide bonds. The second-order valence-electron chi connectivity index (χ2n) is 5.37. The molecule has 1 aromatic heterocycles. The van der Waals surface area contributed by atoms with E-state index < -0.39 is 0 Å². The fourth-order valence-corrected chi connectivity index (χ4v) is 2.67. The second-order valence-corrected chi connectivity index (χ2v) is 6.28. The highest BCUT2D eigenvalue weighted by Crippen LogP contribution is 2.15. The van der Waals surface area contributed by atoms with Crippen molar-refractivity contribution in [3.05, 3.63) is 46.4 Å². The molecule has 0 aliphatic carbocycles. The molecule has 2 heterocycles. The van der Waals surface area contributed by atoms with Crippen LogP contribution in [0.5, 0.6) is 0 Å². The first-order valence-electron chi connectivity index (χ1n) is 7.50. The highest BCUT2D eigenvalue weighted by Gasteiger charge is 2.17. The van der Waals surface area contributed by atoms with Crippen LogP contribution < -0.4 is 10.2 Å². The van der Waals surface area contributed by atoms with Gasteiger partial charge in [0.05, 0.1) is 0 Å². The molecule has 7 nitrogen and oxygen atoms in total. The zero-order valence-corrected chi connectivity index (χ0v) is 14.4. The molecule has 0 spiro atoms. The molecular weight excluding hydrogens is 374 g/mol. The lowest BCUT2D eigenvalue weighted by Crippen LogP contribution is -2.46. The maximum atomic E-state index is 12.1. The van der Waals surface area contributed by atoms with Gasteiger partial charge in [0.15, 0.2) is 11.6 Å². The summed E-state index contributed by atoms with van der Waals surface area (Å²) < 4.78 is 0.915. The molecule has 8 heteroatoms. The average molecular weight is 390 g/mol. The standard InChI is InChI=1S/C16H16BrN5O2/c17-13-3-1-12(2-4-13)16(24)18-14-5-6-15(20-19-14)22-9-7-21(11-23)8-10-22/h1-6,11H,7-10H2,(H,18,19,24). The Labute approximate surface area is 147 Å². The minimum absolute atomic E-state index is 0.232. The molecule has 0 saturated carbocycles. The van der Waals surface area contributed by atoms with Crippen LogP contribution in [0.15, 0.2) is 40.9 Å². The van der Waals surface area contributed by atoms with Gasteiger partial charge in [0.1, 0.15) is 0 Å². The first-order chi connectivity index (χ1) is 11.7. The van der Waals surface area contributed by atoms with Crippen LogP contribution in [0, 0.1) is 0 Å². The smallest absolute Gasteiger partial charge is 0.256 e. The highest BCUT2D eigenvalue weighted by atomic mass is 79.9. The van der Waals surface area contributed by atoms with Crippen molar-refractivity contribution in [3.63, 3.8) is 0 Å². The van der Waals surface area contributed by atoms with Crippen molar-refractivity contribution in [2.24, 2.45) is 0 Å². The van der Waals surface area contributed by atoms with Gasteiger partial charge in [-0.15, -0.1) is 10.2 Å². The van der Waals surface area contributed by atoms with Gasteiger partial charge in [-0.3, -0.25) is 9.59 Å². The summed E-state index contributed by atoms with van der Waals surface area (Å²) in [5.74, 6) is 0.907. The van der Waals surface area contributed by atoms with E-state index in [1.165, 1.54) is 0 Å². The second kappa shape index (κ2) is 7.39. The van der Waals surface area contributed by atoms with E-state index in [4.69, 9.17) is 0 Å². The number of halogens is 1. The average Bonchev–Trinajstić information content (AvgIpc) is 2.63. The Kier molecular flexibility index (Phi) is 5.05. The molecule has 1 saturated heterocycles. The maximum absolute atomic E-state index is 12.1. The van der Waals surface area contributed by atoms with E-state index in [9.17, 15) is 9.59 Å². The van der Waals surface area contributed by atoms with Crippen LogP contribution in [-0.2, 0) is 4.79 Å². The fraction of sp³-hybridized carbons (Fsp3) is 0.250. The summed E-state index contributed by atoms with van der Waals surface area (Å²) in [4.78, 5) is 26.7. The summed E-state index contributed by atoms with van der Waals surface area (Å²) in [6.45, 7) is 2.79. The number of hydrogen-bond acceptors (Lipinski definition) is 5. The molecule has 0 radical (unpaired) electrons. The molecule has 24 heavy (non-hydrogen) atoms. The van der Waals surface area contributed by atoms with Crippen LogP contribution in [0.1, 0.15) is 10.4 Å². The third kappa shape index (κ3) is 3.88. The fourth-order valence-electron chi connectivity index (χ4n) is 2.41. The normalized spacial score (nSPS) is 14.4. The summed E-state index contributed by atoms with van der Waals surface area (Å²) in [6, 6.07) is 10.6. The van der Waals surface area contributed by atoms with Gasteiger partial charge >= 0.3 is 0 Å². The van der Waals surface area contributed by atoms with E-state index in [1.54, 1.807) is 23.1 Å². The predicted octanol–water partition coefficient (Wildman–Crippen LogP) is 1.77. The van der Waals surface area contributed by atoms with Gasteiger partial charge < -0.3 is 15.1 Å². The largest absolute Gasteiger partial charge is 0.352 e. The van der Waals surface area contributed by atoms with Crippen LogP contribution in [0.2, 0.25) is 0 Å². The van der Waals surface area contributed by atoms with Crippen LogP contribution in [0.3, 0.4) is 0 Å². The Balaban J connectivity index is 1.61. The summed E-state index contributed by atoms with van der Waals surface area (Å²) in [6.07, 6.45) is 0.865. The Morgan fingerprint density at radius 3 is 2.33 bits per heavy atom. The summed E-state index contributed by atoms with van der Waals surface area (Å²) in [5.41, 5.74) is 0.550. The van der Waals surface area contributed by atoms with E-state index in [1.807, 2.05) is 18.2 Å². The highest BCUT2D eigenvalue weighted by molar-refractivity contribution is 9.10. The van der Waals surface area contributed by atoms with E-state index in [0.29, 0.717) is 24.5 Å². The van der Waals surface area contributed by atoms with Crippen molar-refractivity contribution < 1.29 is 9.59 Å². The third-order valence-corrected chi connectivity index (χ3v) is 4.31. The Morgan fingerprint density at radius 2 is 1.75 bits per heavy atom. The number of hydrogen-bond donors (Lipinski definition) is 1. The number of amides is 2. The number of nitrogens with one attached hydrogen (secondary N) is 1. The van der Waals surface area contributed by atoms with Gasteiger partial charge in [-0.1, -0.05) is 15.9 Å². The number of carbonyl (C=O) groups is 2. The van der Waals surface area contributed by atoms with Gasteiger partial charge in [-0.2, -0.15) is 0 Å². The Morgan fingerprint density at radius 1 is 1.04 bits per heavy atom. The van der Waals surface area contributed by atoms with Crippen LogP contribution in [-0.4, -0.2) is 53.6 Å². The van der Waals surface area contributed by atoms with E-state index in [0.717, 1.165) is 29.8 Å². The number of rotatable bonds is 4. The van der Waals surface area contributed by atoms with Crippen LogP contribution in [0.4, 0.5) is 11.6 Å². The van der Waals surface area contributed by atoms with Crippen molar-refractivity contribution in [3.8, 4) is 0 Å². The molecule has 1 aromatic carbocycles. The van der Waals surface area contributed by atoms with Gasteiger partial charge in [0, 0.05) is 36.2 Å². The minimum atomic E-state index is -0.232. The lowest BCUT2D eigenvalue weighted by atomic mass is 10.2.